The van der Waals surface area contributed by atoms with E-state index in [1.165, 1.54) is 89.9 Å². The number of aliphatic hydroxyl groups excluding tert-OH is 2. The van der Waals surface area contributed by atoms with Crippen molar-refractivity contribution in [2.24, 2.45) is 0 Å². The van der Waals surface area contributed by atoms with Crippen molar-refractivity contribution in [1.82, 2.24) is 5.32 Å². The molecular weight excluding hydrogens is 410 g/mol. The highest BCUT2D eigenvalue weighted by Gasteiger charge is 2.19. The summed E-state index contributed by atoms with van der Waals surface area (Å²) >= 11 is 0. The smallest absolute Gasteiger partial charge is 0.220 e. The Kier molecular flexibility index (Phi) is 25.1. The minimum Gasteiger partial charge on any atom is -0.394 e. The van der Waals surface area contributed by atoms with Crippen molar-refractivity contribution in [1.29, 1.82) is 0 Å². The predicted molar refractivity (Wildman–Crippen MR) is 142 cm³/mol. The lowest BCUT2D eigenvalue weighted by Gasteiger charge is -2.22. The highest BCUT2D eigenvalue weighted by Crippen LogP contribution is 2.12. The molecule has 0 aromatic carbocycles. The van der Waals surface area contributed by atoms with Gasteiger partial charge in [0.2, 0.25) is 5.91 Å². The van der Waals surface area contributed by atoms with E-state index in [9.17, 15) is 15.0 Å². The van der Waals surface area contributed by atoms with Gasteiger partial charge in [-0.15, -0.1) is 0 Å². The summed E-state index contributed by atoms with van der Waals surface area (Å²) in [6.07, 6.45) is 28.6. The fraction of sp³-hybridized carbons (Fsp3) is 0.897. The Morgan fingerprint density at radius 1 is 0.697 bits per heavy atom. The number of carbonyl (C=O) groups excluding carboxylic acids is 1. The molecule has 4 heteroatoms. The quantitative estimate of drug-likeness (QED) is 0.0955. The standard InChI is InChI=1S/C29H57NO3/c1-3-5-7-9-10-11-12-13-14-15-16-17-18-19-20-21-23-25-29(33)30-27(26-31)28(32)24-22-8-6-4-2/h13-14,27-28,31-32H,3-12,15-26H2,1-2H3,(H,30,33)/b14-13-. The Morgan fingerprint density at radius 3 is 1.67 bits per heavy atom. The van der Waals surface area contributed by atoms with Gasteiger partial charge in [0, 0.05) is 6.42 Å². The van der Waals surface area contributed by atoms with Crippen LogP contribution >= 0.6 is 0 Å². The monoisotopic (exact) mass is 467 g/mol. The molecule has 0 fully saturated rings. The van der Waals surface area contributed by atoms with E-state index < -0.39 is 12.1 Å². The summed E-state index contributed by atoms with van der Waals surface area (Å²) in [5.41, 5.74) is 0. The SMILES string of the molecule is CCCCCCCC/C=C\CCCCCCCCCC(=O)NC(CO)C(O)CCCCCC. The molecule has 3 N–H and O–H groups in total. The van der Waals surface area contributed by atoms with Crippen molar-refractivity contribution < 1.29 is 15.0 Å². The summed E-state index contributed by atoms with van der Waals surface area (Å²) in [7, 11) is 0. The maximum atomic E-state index is 12.1. The van der Waals surface area contributed by atoms with Crippen LogP contribution in [0.4, 0.5) is 0 Å². The van der Waals surface area contributed by atoms with Gasteiger partial charge >= 0.3 is 0 Å². The molecule has 0 aliphatic heterocycles. The summed E-state index contributed by atoms with van der Waals surface area (Å²) < 4.78 is 0. The van der Waals surface area contributed by atoms with E-state index in [0.717, 1.165) is 32.1 Å². The topological polar surface area (TPSA) is 69.6 Å². The zero-order valence-corrected chi connectivity index (χ0v) is 22.2. The van der Waals surface area contributed by atoms with Gasteiger partial charge < -0.3 is 15.5 Å². The zero-order chi connectivity index (χ0) is 24.4. The van der Waals surface area contributed by atoms with Crippen molar-refractivity contribution in [3.63, 3.8) is 0 Å². The lowest BCUT2D eigenvalue weighted by Crippen LogP contribution is -2.45. The summed E-state index contributed by atoms with van der Waals surface area (Å²) in [6.45, 7) is 4.22. The first kappa shape index (κ1) is 32.1. The Morgan fingerprint density at radius 2 is 1.15 bits per heavy atom. The number of rotatable bonds is 25. The number of hydrogen-bond donors (Lipinski definition) is 3. The first-order valence-corrected chi connectivity index (χ1v) is 14.4. The Labute approximate surface area is 206 Å². The van der Waals surface area contributed by atoms with Crippen LogP contribution in [0.1, 0.15) is 149 Å². The van der Waals surface area contributed by atoms with Crippen molar-refractivity contribution in [2.75, 3.05) is 6.61 Å². The largest absolute Gasteiger partial charge is 0.394 e. The van der Waals surface area contributed by atoms with Crippen LogP contribution in [0.3, 0.4) is 0 Å². The number of amides is 1. The summed E-state index contributed by atoms with van der Waals surface area (Å²) in [6, 6.07) is -0.529. The van der Waals surface area contributed by atoms with Crippen molar-refractivity contribution in [3.05, 3.63) is 12.2 Å². The first-order valence-electron chi connectivity index (χ1n) is 14.4. The molecule has 0 radical (unpaired) electrons. The van der Waals surface area contributed by atoms with Gasteiger partial charge in [0.1, 0.15) is 0 Å². The van der Waals surface area contributed by atoms with Crippen LogP contribution in [0.5, 0.6) is 0 Å². The van der Waals surface area contributed by atoms with Gasteiger partial charge in [-0.25, -0.2) is 0 Å². The lowest BCUT2D eigenvalue weighted by atomic mass is 10.0. The highest BCUT2D eigenvalue weighted by atomic mass is 16.3. The molecule has 2 unspecified atom stereocenters. The van der Waals surface area contributed by atoms with Crippen molar-refractivity contribution >= 4 is 5.91 Å². The van der Waals surface area contributed by atoms with Crippen LogP contribution in [-0.2, 0) is 4.79 Å². The third kappa shape index (κ3) is 22.7. The second kappa shape index (κ2) is 25.7. The minimum atomic E-state index is -0.652. The minimum absolute atomic E-state index is 0.0468. The molecule has 0 bridgehead atoms. The number of nitrogens with one attached hydrogen (secondary N) is 1. The number of unbranched alkanes of at least 4 members (excludes halogenated alkanes) is 16. The van der Waals surface area contributed by atoms with E-state index in [2.05, 4.69) is 31.3 Å². The second-order valence-corrected chi connectivity index (χ2v) is 9.81. The molecule has 0 heterocycles. The molecule has 0 aliphatic rings. The summed E-state index contributed by atoms with van der Waals surface area (Å²) in [5, 5.41) is 22.5. The van der Waals surface area contributed by atoms with E-state index >= 15 is 0 Å². The maximum Gasteiger partial charge on any atom is 0.220 e. The van der Waals surface area contributed by atoms with Crippen molar-refractivity contribution in [2.45, 2.75) is 161 Å². The molecule has 2 atom stereocenters. The van der Waals surface area contributed by atoms with Crippen LogP contribution in [-0.4, -0.2) is 34.9 Å². The number of hydrogen-bond acceptors (Lipinski definition) is 3. The maximum absolute atomic E-state index is 12.1. The summed E-state index contributed by atoms with van der Waals surface area (Å²) in [4.78, 5) is 12.1. The molecule has 196 valence electrons. The normalized spacial score (nSPS) is 13.5. The first-order chi connectivity index (χ1) is 16.2. The van der Waals surface area contributed by atoms with Crippen LogP contribution in [0.2, 0.25) is 0 Å². The Hall–Kier alpha value is -0.870. The molecule has 0 saturated heterocycles. The molecule has 33 heavy (non-hydrogen) atoms. The fourth-order valence-electron chi connectivity index (χ4n) is 4.23. The molecule has 0 rings (SSSR count). The van der Waals surface area contributed by atoms with Crippen molar-refractivity contribution in [3.8, 4) is 0 Å². The van der Waals surface area contributed by atoms with E-state index in [0.29, 0.717) is 12.8 Å². The molecule has 0 aromatic rings. The van der Waals surface area contributed by atoms with Gasteiger partial charge in [-0.05, 0) is 38.5 Å². The average Bonchev–Trinajstić information content (AvgIpc) is 2.82. The second-order valence-electron chi connectivity index (χ2n) is 9.81. The number of allylic oxidation sites excluding steroid dienone is 2. The van der Waals surface area contributed by atoms with E-state index in [1.807, 2.05) is 0 Å². The van der Waals surface area contributed by atoms with Crippen LogP contribution in [0.15, 0.2) is 12.2 Å². The molecule has 0 aromatic heterocycles. The van der Waals surface area contributed by atoms with E-state index in [-0.39, 0.29) is 12.5 Å². The summed E-state index contributed by atoms with van der Waals surface area (Å²) in [5.74, 6) is -0.0468. The number of aliphatic hydroxyl groups is 2. The van der Waals surface area contributed by atoms with Crippen LogP contribution in [0.25, 0.3) is 0 Å². The van der Waals surface area contributed by atoms with Gasteiger partial charge in [0.15, 0.2) is 0 Å². The van der Waals surface area contributed by atoms with Gasteiger partial charge in [0.05, 0.1) is 18.8 Å². The van der Waals surface area contributed by atoms with E-state index in [1.54, 1.807) is 0 Å². The zero-order valence-electron chi connectivity index (χ0n) is 22.2. The van der Waals surface area contributed by atoms with Crippen LogP contribution < -0.4 is 5.32 Å². The number of carbonyl (C=O) groups is 1. The average molecular weight is 468 g/mol. The molecule has 0 spiro atoms. The highest BCUT2D eigenvalue weighted by molar-refractivity contribution is 5.76. The predicted octanol–water partition coefficient (Wildman–Crippen LogP) is 7.61. The van der Waals surface area contributed by atoms with Gasteiger partial charge in [-0.3, -0.25) is 4.79 Å². The molecule has 0 saturated carbocycles. The molecule has 0 aliphatic carbocycles. The third-order valence-corrected chi connectivity index (χ3v) is 6.53. The van der Waals surface area contributed by atoms with Gasteiger partial charge in [0.25, 0.3) is 0 Å². The Balaban J connectivity index is 3.50. The van der Waals surface area contributed by atoms with Gasteiger partial charge in [-0.2, -0.15) is 0 Å². The van der Waals surface area contributed by atoms with Crippen LogP contribution in [0, 0.1) is 0 Å². The fourth-order valence-corrected chi connectivity index (χ4v) is 4.23. The Bertz CT molecular complexity index is 439. The lowest BCUT2D eigenvalue weighted by molar-refractivity contribution is -0.123. The third-order valence-electron chi connectivity index (χ3n) is 6.53. The molecule has 4 nitrogen and oxygen atoms in total. The molecule has 1 amide bonds. The van der Waals surface area contributed by atoms with Gasteiger partial charge in [-0.1, -0.05) is 116 Å². The molecular formula is C29H57NO3. The van der Waals surface area contributed by atoms with E-state index in [4.69, 9.17) is 0 Å².